The number of hydrogen-bond acceptors (Lipinski definition) is 3. The molecule has 0 heterocycles. The number of carbonyl (C=O) groups excluding carboxylic acids is 1. The number of hydrogen-bond donors (Lipinski definition) is 2. The van der Waals surface area contributed by atoms with Gasteiger partial charge in [-0.25, -0.2) is 0 Å². The smallest absolute Gasteiger partial charge is 0.221 e. The highest BCUT2D eigenvalue weighted by Crippen LogP contribution is 2.29. The molecule has 0 bridgehead atoms. The lowest BCUT2D eigenvalue weighted by molar-refractivity contribution is -0.122. The van der Waals surface area contributed by atoms with Gasteiger partial charge in [0.25, 0.3) is 0 Å². The average Bonchev–Trinajstić information content (AvgIpc) is 2.52. The second-order valence-electron chi connectivity index (χ2n) is 4.09. The maximum Gasteiger partial charge on any atom is 0.221 e. The van der Waals surface area contributed by atoms with Crippen LogP contribution in [-0.4, -0.2) is 30.0 Å². The van der Waals surface area contributed by atoms with E-state index in [1.54, 1.807) is 11.8 Å². The van der Waals surface area contributed by atoms with Crippen LogP contribution in [0.3, 0.4) is 0 Å². The summed E-state index contributed by atoms with van der Waals surface area (Å²) in [4.78, 5) is 11.5. The Morgan fingerprint density at radius 3 is 2.71 bits per heavy atom. The van der Waals surface area contributed by atoms with Gasteiger partial charge >= 0.3 is 0 Å². The first-order valence-corrected chi connectivity index (χ1v) is 6.60. The predicted molar refractivity (Wildman–Crippen MR) is 61.4 cm³/mol. The quantitative estimate of drug-likeness (QED) is 0.677. The second-order valence-corrected chi connectivity index (χ2v) is 5.07. The lowest BCUT2D eigenvalue weighted by atomic mass is 9.94. The first kappa shape index (κ1) is 11.9. The van der Waals surface area contributed by atoms with Gasteiger partial charge in [-0.15, -0.1) is 0 Å². The standard InChI is InChI=1S/C10H20N2OS/c1-14-7-6-12-9(13)8-10(11)4-2-3-5-10/h2-8,11H2,1H3,(H,12,13). The number of amides is 1. The van der Waals surface area contributed by atoms with Gasteiger partial charge in [0.2, 0.25) is 5.91 Å². The Morgan fingerprint density at radius 1 is 1.50 bits per heavy atom. The molecule has 0 saturated heterocycles. The molecule has 1 fully saturated rings. The topological polar surface area (TPSA) is 55.1 Å². The normalized spacial score (nSPS) is 19.6. The van der Waals surface area contributed by atoms with Crippen LogP contribution in [0.25, 0.3) is 0 Å². The highest BCUT2D eigenvalue weighted by Gasteiger charge is 2.31. The molecular formula is C10H20N2OS. The first-order valence-electron chi connectivity index (χ1n) is 5.21. The number of rotatable bonds is 5. The lowest BCUT2D eigenvalue weighted by Gasteiger charge is -2.22. The zero-order chi connectivity index (χ0) is 10.4. The van der Waals surface area contributed by atoms with Gasteiger partial charge in [-0.05, 0) is 19.1 Å². The van der Waals surface area contributed by atoms with Crippen molar-refractivity contribution in [1.29, 1.82) is 0 Å². The van der Waals surface area contributed by atoms with Gasteiger partial charge in [0.1, 0.15) is 0 Å². The Balaban J connectivity index is 2.19. The van der Waals surface area contributed by atoms with Crippen LogP contribution in [0.5, 0.6) is 0 Å². The van der Waals surface area contributed by atoms with Crippen LogP contribution in [0.4, 0.5) is 0 Å². The summed E-state index contributed by atoms with van der Waals surface area (Å²) in [7, 11) is 0. The van der Waals surface area contributed by atoms with Gasteiger partial charge in [-0.3, -0.25) is 4.79 Å². The minimum absolute atomic E-state index is 0.114. The molecule has 0 unspecified atom stereocenters. The van der Waals surface area contributed by atoms with Crippen LogP contribution in [0.1, 0.15) is 32.1 Å². The zero-order valence-electron chi connectivity index (χ0n) is 8.84. The molecule has 0 spiro atoms. The van der Waals surface area contributed by atoms with E-state index in [9.17, 15) is 4.79 Å². The summed E-state index contributed by atoms with van der Waals surface area (Å²) in [6, 6.07) is 0. The summed E-state index contributed by atoms with van der Waals surface area (Å²) >= 11 is 1.74. The van der Waals surface area contributed by atoms with E-state index in [-0.39, 0.29) is 11.4 Å². The maximum atomic E-state index is 11.5. The van der Waals surface area contributed by atoms with Crippen molar-refractivity contribution in [2.45, 2.75) is 37.6 Å². The van der Waals surface area contributed by atoms with Crippen molar-refractivity contribution in [3.05, 3.63) is 0 Å². The lowest BCUT2D eigenvalue weighted by Crippen LogP contribution is -2.42. The van der Waals surface area contributed by atoms with E-state index < -0.39 is 0 Å². The molecule has 0 aliphatic heterocycles. The summed E-state index contributed by atoms with van der Waals surface area (Å²) in [5.41, 5.74) is 5.89. The first-order chi connectivity index (χ1) is 6.66. The van der Waals surface area contributed by atoms with Gasteiger partial charge < -0.3 is 11.1 Å². The van der Waals surface area contributed by atoms with E-state index in [2.05, 4.69) is 5.32 Å². The molecule has 3 nitrogen and oxygen atoms in total. The van der Waals surface area contributed by atoms with Crippen LogP contribution in [0.2, 0.25) is 0 Å². The third kappa shape index (κ3) is 3.88. The monoisotopic (exact) mass is 216 g/mol. The van der Waals surface area contributed by atoms with Gasteiger partial charge in [-0.1, -0.05) is 12.8 Å². The van der Waals surface area contributed by atoms with Crippen LogP contribution < -0.4 is 11.1 Å². The van der Waals surface area contributed by atoms with Gasteiger partial charge in [0.15, 0.2) is 0 Å². The maximum absolute atomic E-state index is 11.5. The molecule has 0 atom stereocenters. The molecule has 1 rings (SSSR count). The van der Waals surface area contributed by atoms with Crippen molar-refractivity contribution < 1.29 is 4.79 Å². The van der Waals surface area contributed by atoms with E-state index in [1.165, 1.54) is 12.8 Å². The minimum atomic E-state index is -0.205. The molecule has 82 valence electrons. The van der Waals surface area contributed by atoms with Crippen LogP contribution in [0, 0.1) is 0 Å². The molecule has 1 amide bonds. The van der Waals surface area contributed by atoms with E-state index in [1.807, 2.05) is 6.26 Å². The van der Waals surface area contributed by atoms with Crippen LogP contribution in [0.15, 0.2) is 0 Å². The van der Waals surface area contributed by atoms with E-state index in [0.717, 1.165) is 25.1 Å². The molecular weight excluding hydrogens is 196 g/mol. The van der Waals surface area contributed by atoms with Crippen molar-refractivity contribution in [2.75, 3.05) is 18.6 Å². The van der Waals surface area contributed by atoms with Crippen molar-refractivity contribution in [2.24, 2.45) is 5.73 Å². The van der Waals surface area contributed by atoms with Crippen molar-refractivity contribution in [1.82, 2.24) is 5.32 Å². The molecule has 4 heteroatoms. The van der Waals surface area contributed by atoms with Gasteiger partial charge in [0, 0.05) is 24.3 Å². The van der Waals surface area contributed by atoms with E-state index in [4.69, 9.17) is 5.73 Å². The molecule has 1 aliphatic rings. The Labute approximate surface area is 90.2 Å². The molecule has 0 aromatic rings. The third-order valence-corrected chi connectivity index (χ3v) is 3.35. The number of carbonyl (C=O) groups is 1. The SMILES string of the molecule is CSCCNC(=O)CC1(N)CCCC1. The fourth-order valence-corrected chi connectivity index (χ4v) is 2.24. The summed E-state index contributed by atoms with van der Waals surface area (Å²) in [5.74, 6) is 1.09. The Kier molecular flexibility index (Phi) is 4.75. The number of nitrogens with two attached hydrogens (primary N) is 1. The predicted octanol–water partition coefficient (Wildman–Crippen LogP) is 1.13. The van der Waals surface area contributed by atoms with Gasteiger partial charge in [-0.2, -0.15) is 11.8 Å². The zero-order valence-corrected chi connectivity index (χ0v) is 9.66. The molecule has 0 aromatic heterocycles. The Morgan fingerprint density at radius 2 is 2.14 bits per heavy atom. The molecule has 1 saturated carbocycles. The van der Waals surface area contributed by atoms with E-state index >= 15 is 0 Å². The molecule has 14 heavy (non-hydrogen) atoms. The number of thioether (sulfide) groups is 1. The summed E-state index contributed by atoms with van der Waals surface area (Å²) < 4.78 is 0. The average molecular weight is 216 g/mol. The Hall–Kier alpha value is -0.220. The van der Waals surface area contributed by atoms with Gasteiger partial charge in [0.05, 0.1) is 0 Å². The van der Waals surface area contributed by atoms with E-state index in [0.29, 0.717) is 6.42 Å². The van der Waals surface area contributed by atoms with Crippen molar-refractivity contribution in [3.8, 4) is 0 Å². The number of nitrogens with one attached hydrogen (secondary N) is 1. The summed E-state index contributed by atoms with van der Waals surface area (Å²) in [6.07, 6.45) is 6.89. The molecule has 0 aromatic carbocycles. The van der Waals surface area contributed by atoms with Crippen molar-refractivity contribution >= 4 is 17.7 Å². The molecule has 0 radical (unpaired) electrons. The highest BCUT2D eigenvalue weighted by atomic mass is 32.2. The molecule has 1 aliphatic carbocycles. The fraction of sp³-hybridized carbons (Fsp3) is 0.900. The minimum Gasteiger partial charge on any atom is -0.355 e. The largest absolute Gasteiger partial charge is 0.355 e. The third-order valence-electron chi connectivity index (χ3n) is 2.74. The Bertz CT molecular complexity index is 191. The summed E-state index contributed by atoms with van der Waals surface area (Å²) in [5, 5.41) is 2.90. The van der Waals surface area contributed by atoms with Crippen molar-refractivity contribution in [3.63, 3.8) is 0 Å². The van der Waals surface area contributed by atoms with Crippen LogP contribution in [-0.2, 0) is 4.79 Å². The fourth-order valence-electron chi connectivity index (χ4n) is 1.93. The molecule has 3 N–H and O–H groups in total. The second kappa shape index (κ2) is 5.61. The van der Waals surface area contributed by atoms with Crippen LogP contribution >= 0.6 is 11.8 Å². The highest BCUT2D eigenvalue weighted by molar-refractivity contribution is 7.98. The summed E-state index contributed by atoms with van der Waals surface area (Å²) in [6.45, 7) is 0.760.